The van der Waals surface area contributed by atoms with E-state index in [0.717, 1.165) is 0 Å². The molecular weight excluding hydrogens is 290 g/mol. The number of aromatic nitrogens is 3. The number of rotatable bonds is 6. The van der Waals surface area contributed by atoms with E-state index in [0.29, 0.717) is 29.5 Å². The maximum absolute atomic E-state index is 12.2. The molecule has 0 amide bonds. The molecule has 0 radical (unpaired) electrons. The third-order valence-corrected chi connectivity index (χ3v) is 2.99. The first-order valence-corrected chi connectivity index (χ1v) is 6.89. The van der Waals surface area contributed by atoms with Crippen LogP contribution >= 0.6 is 11.6 Å². The predicted molar refractivity (Wildman–Crippen MR) is 83.8 cm³/mol. The maximum atomic E-state index is 12.2. The van der Waals surface area contributed by atoms with Crippen LogP contribution in [0.2, 0.25) is 5.02 Å². The molecule has 21 heavy (non-hydrogen) atoms. The van der Waals surface area contributed by atoms with E-state index in [4.69, 9.17) is 11.6 Å². The predicted octanol–water partition coefficient (Wildman–Crippen LogP) is 1.95. The fraction of sp³-hybridized carbons (Fsp3) is 0.214. The van der Waals surface area contributed by atoms with Crippen molar-refractivity contribution in [3.8, 4) is 5.69 Å². The largest absolute Gasteiger partial charge is 0.356 e. The van der Waals surface area contributed by atoms with E-state index >= 15 is 0 Å². The molecule has 2 rings (SSSR count). The van der Waals surface area contributed by atoms with Crippen LogP contribution in [-0.4, -0.2) is 21.1 Å². The van der Waals surface area contributed by atoms with E-state index in [9.17, 15) is 4.79 Å². The molecule has 0 atom stereocenters. The second-order valence-corrected chi connectivity index (χ2v) is 4.64. The molecule has 6 nitrogen and oxygen atoms in total. The normalized spacial score (nSPS) is 10.4. The zero-order valence-corrected chi connectivity index (χ0v) is 12.4. The second-order valence-electron chi connectivity index (χ2n) is 4.21. The third-order valence-electron chi connectivity index (χ3n) is 2.73. The average Bonchev–Trinajstić information content (AvgIpc) is 2.48. The first-order chi connectivity index (χ1) is 10.2. The molecule has 0 spiro atoms. The number of hydrogen-bond donors (Lipinski definition) is 2. The zero-order valence-electron chi connectivity index (χ0n) is 11.6. The Labute approximate surface area is 127 Å². The lowest BCUT2D eigenvalue weighted by Crippen LogP contribution is -2.31. The summed E-state index contributed by atoms with van der Waals surface area (Å²) in [5, 5.41) is 0.609. The Kier molecular flexibility index (Phi) is 5.08. The molecule has 1 aromatic carbocycles. The smallest absolute Gasteiger partial charge is 0.289 e. The fourth-order valence-electron chi connectivity index (χ4n) is 1.79. The maximum Gasteiger partial charge on any atom is 0.356 e. The number of nitrogens with one attached hydrogen (secondary N) is 2. The Morgan fingerprint density at radius 3 is 2.67 bits per heavy atom. The molecule has 7 heteroatoms. The van der Waals surface area contributed by atoms with Gasteiger partial charge in [0.2, 0.25) is 5.95 Å². The molecule has 0 fully saturated rings. The quantitative estimate of drug-likeness (QED) is 0.485. The summed E-state index contributed by atoms with van der Waals surface area (Å²) < 4.78 is 1.47. The van der Waals surface area contributed by atoms with Crippen molar-refractivity contribution in [3.63, 3.8) is 0 Å². The highest BCUT2D eigenvalue weighted by atomic mass is 35.5. The molecule has 1 heterocycles. The number of aryl methyl sites for hydroxylation is 1. The van der Waals surface area contributed by atoms with Gasteiger partial charge < -0.3 is 0 Å². The first kappa shape index (κ1) is 15.2. The molecule has 0 aliphatic carbocycles. The minimum absolute atomic E-state index is 0.240. The van der Waals surface area contributed by atoms with Gasteiger partial charge in [0, 0.05) is 18.0 Å². The van der Waals surface area contributed by atoms with Crippen molar-refractivity contribution in [1.82, 2.24) is 20.0 Å². The van der Waals surface area contributed by atoms with E-state index in [-0.39, 0.29) is 5.95 Å². The van der Waals surface area contributed by atoms with Gasteiger partial charge in [-0.3, -0.25) is 5.43 Å². The number of hydrogen-bond acceptors (Lipinski definition) is 5. The van der Waals surface area contributed by atoms with Crippen molar-refractivity contribution in [2.75, 3.05) is 12.0 Å². The van der Waals surface area contributed by atoms with Gasteiger partial charge in [0.05, 0.1) is 5.69 Å². The monoisotopic (exact) mass is 305 g/mol. The molecule has 110 valence electrons. The van der Waals surface area contributed by atoms with Crippen LogP contribution in [0.5, 0.6) is 0 Å². The van der Waals surface area contributed by atoms with Crippen molar-refractivity contribution >= 4 is 17.5 Å². The van der Waals surface area contributed by atoms with Gasteiger partial charge in [0.15, 0.2) is 0 Å². The number of halogens is 1. The number of benzene rings is 1. The van der Waals surface area contributed by atoms with Gasteiger partial charge in [-0.1, -0.05) is 24.6 Å². The van der Waals surface area contributed by atoms with Crippen LogP contribution < -0.4 is 16.5 Å². The SMILES string of the molecule is C=CCNNc1nc(CC)n(-c2ccc(Cl)cc2)c(=O)n1. The van der Waals surface area contributed by atoms with Gasteiger partial charge in [0.25, 0.3) is 0 Å². The van der Waals surface area contributed by atoms with Crippen molar-refractivity contribution in [2.24, 2.45) is 0 Å². The third kappa shape index (κ3) is 3.68. The minimum Gasteiger partial charge on any atom is -0.289 e. The molecule has 0 bridgehead atoms. The molecule has 0 saturated carbocycles. The molecule has 0 aliphatic heterocycles. The lowest BCUT2D eigenvalue weighted by atomic mass is 10.3. The molecular formula is C14H16ClN5O. The van der Waals surface area contributed by atoms with Crippen LogP contribution in [0, 0.1) is 0 Å². The number of anilines is 1. The van der Waals surface area contributed by atoms with E-state index in [2.05, 4.69) is 27.4 Å². The Morgan fingerprint density at radius 1 is 1.33 bits per heavy atom. The van der Waals surface area contributed by atoms with Crippen LogP contribution in [0.3, 0.4) is 0 Å². The highest BCUT2D eigenvalue weighted by Gasteiger charge is 2.10. The molecule has 0 saturated heterocycles. The Bertz CT molecular complexity index is 681. The summed E-state index contributed by atoms with van der Waals surface area (Å²) in [6, 6.07) is 6.96. The molecule has 2 N–H and O–H groups in total. The first-order valence-electron chi connectivity index (χ1n) is 6.51. The average molecular weight is 306 g/mol. The zero-order chi connectivity index (χ0) is 15.2. The summed E-state index contributed by atoms with van der Waals surface area (Å²) in [7, 11) is 0. The topological polar surface area (TPSA) is 71.8 Å². The summed E-state index contributed by atoms with van der Waals surface area (Å²) in [5.74, 6) is 0.851. The summed E-state index contributed by atoms with van der Waals surface area (Å²) in [6.45, 7) is 6.04. The van der Waals surface area contributed by atoms with Crippen molar-refractivity contribution < 1.29 is 0 Å². The standard InChI is InChI=1S/C14H16ClN5O/c1-3-9-16-19-13-17-12(4-2)20(14(21)18-13)11-7-5-10(15)6-8-11/h3,5-8,16H,1,4,9H2,2H3,(H,18,19,21). The van der Waals surface area contributed by atoms with E-state index in [1.165, 1.54) is 4.57 Å². The highest BCUT2D eigenvalue weighted by Crippen LogP contribution is 2.13. The van der Waals surface area contributed by atoms with Gasteiger partial charge in [0.1, 0.15) is 5.82 Å². The summed E-state index contributed by atoms with van der Waals surface area (Å²) >= 11 is 5.86. The summed E-state index contributed by atoms with van der Waals surface area (Å²) in [4.78, 5) is 20.5. The highest BCUT2D eigenvalue weighted by molar-refractivity contribution is 6.30. The van der Waals surface area contributed by atoms with Crippen LogP contribution in [0.1, 0.15) is 12.7 Å². The minimum atomic E-state index is -0.396. The van der Waals surface area contributed by atoms with Gasteiger partial charge in [-0.05, 0) is 24.3 Å². The number of hydrazine groups is 1. The lowest BCUT2D eigenvalue weighted by molar-refractivity contribution is 0.754. The van der Waals surface area contributed by atoms with Crippen LogP contribution in [-0.2, 0) is 6.42 Å². The van der Waals surface area contributed by atoms with Crippen LogP contribution in [0.25, 0.3) is 5.69 Å². The van der Waals surface area contributed by atoms with E-state index < -0.39 is 5.69 Å². The van der Waals surface area contributed by atoms with Gasteiger partial charge in [-0.15, -0.1) is 6.58 Å². The molecule has 0 aliphatic rings. The van der Waals surface area contributed by atoms with Gasteiger partial charge in [-0.2, -0.15) is 9.97 Å². The molecule has 0 unspecified atom stereocenters. The fourth-order valence-corrected chi connectivity index (χ4v) is 1.92. The molecule has 1 aromatic heterocycles. The lowest BCUT2D eigenvalue weighted by Gasteiger charge is -2.12. The van der Waals surface area contributed by atoms with Crippen molar-refractivity contribution in [3.05, 3.63) is 58.3 Å². The molecule has 2 aromatic rings. The number of nitrogens with zero attached hydrogens (tertiary/aromatic N) is 3. The van der Waals surface area contributed by atoms with Gasteiger partial charge in [-0.25, -0.2) is 14.8 Å². The van der Waals surface area contributed by atoms with Crippen molar-refractivity contribution in [1.29, 1.82) is 0 Å². The van der Waals surface area contributed by atoms with E-state index in [1.807, 2.05) is 6.92 Å². The Morgan fingerprint density at radius 2 is 2.05 bits per heavy atom. The Hall–Kier alpha value is -2.18. The summed E-state index contributed by atoms with van der Waals surface area (Å²) in [6.07, 6.45) is 2.28. The summed E-state index contributed by atoms with van der Waals surface area (Å²) in [5.41, 5.74) is 5.90. The van der Waals surface area contributed by atoms with Gasteiger partial charge >= 0.3 is 5.69 Å². The Balaban J connectivity index is 2.40. The van der Waals surface area contributed by atoms with Crippen LogP contribution in [0.4, 0.5) is 5.95 Å². The second kappa shape index (κ2) is 7.01. The van der Waals surface area contributed by atoms with E-state index in [1.54, 1.807) is 30.3 Å². The van der Waals surface area contributed by atoms with Crippen LogP contribution in [0.15, 0.2) is 41.7 Å². The van der Waals surface area contributed by atoms with Crippen molar-refractivity contribution in [2.45, 2.75) is 13.3 Å².